The molecule has 29 heavy (non-hydrogen) atoms. The van der Waals surface area contributed by atoms with Crippen molar-refractivity contribution in [3.05, 3.63) is 53.7 Å². The van der Waals surface area contributed by atoms with E-state index in [-0.39, 0.29) is 12.4 Å². The van der Waals surface area contributed by atoms with Crippen LogP contribution < -0.4 is 15.6 Å². The quantitative estimate of drug-likeness (QED) is 0.481. The minimum atomic E-state index is -0.00916. The molecule has 0 bridgehead atoms. The van der Waals surface area contributed by atoms with Crippen molar-refractivity contribution >= 4 is 55.5 Å². The number of rotatable bonds is 2. The summed E-state index contributed by atoms with van der Waals surface area (Å²) in [6.07, 6.45) is 1.07. The third-order valence-corrected chi connectivity index (χ3v) is 6.79. The maximum absolute atomic E-state index is 4.66. The maximum Gasteiger partial charge on any atom is 0.431 e. The second kappa shape index (κ2) is 6.46. The van der Waals surface area contributed by atoms with Crippen LogP contribution in [0.1, 0.15) is 32.0 Å². The third-order valence-electron chi connectivity index (χ3n) is 5.61. The molecule has 0 aliphatic carbocycles. The zero-order valence-corrected chi connectivity index (χ0v) is 18.4. The van der Waals surface area contributed by atoms with Gasteiger partial charge in [-0.05, 0) is 49.6 Å². The zero-order valence-electron chi connectivity index (χ0n) is 17.6. The van der Waals surface area contributed by atoms with Gasteiger partial charge in [0.2, 0.25) is 0 Å². The Bertz CT molecular complexity index is 1240. The van der Waals surface area contributed by atoms with Crippen molar-refractivity contribution in [2.24, 2.45) is 5.41 Å². The minimum Gasteiger partial charge on any atom is -0.402 e. The van der Waals surface area contributed by atoms with Crippen LogP contribution in [0, 0.1) is 12.3 Å². The molecule has 0 unspecified atom stereocenters. The highest BCUT2D eigenvalue weighted by molar-refractivity contribution is 7.27. The van der Waals surface area contributed by atoms with E-state index in [1.165, 1.54) is 31.4 Å². The zero-order chi connectivity index (χ0) is 20.3. The van der Waals surface area contributed by atoms with Crippen LogP contribution in [-0.2, 0) is 6.42 Å². The Balaban J connectivity index is 1.66. The molecule has 0 spiro atoms. The largest absolute Gasteiger partial charge is 0.431 e. The molecule has 4 aromatic rings. The fourth-order valence-corrected chi connectivity index (χ4v) is 5.67. The van der Waals surface area contributed by atoms with Crippen molar-refractivity contribution in [1.29, 1.82) is 0 Å². The highest BCUT2D eigenvalue weighted by Crippen LogP contribution is 2.37. The van der Waals surface area contributed by atoms with Crippen LogP contribution in [0.15, 0.2) is 42.5 Å². The van der Waals surface area contributed by atoms with E-state index < -0.39 is 0 Å². The van der Waals surface area contributed by atoms with Crippen molar-refractivity contribution in [2.45, 2.75) is 34.1 Å². The van der Waals surface area contributed by atoms with E-state index in [1.807, 2.05) is 11.3 Å². The Morgan fingerprint density at radius 1 is 1.10 bits per heavy atom. The predicted octanol–water partition coefficient (Wildman–Crippen LogP) is 5.00. The normalized spacial score (nSPS) is 14.0. The molecule has 5 rings (SSSR count). The van der Waals surface area contributed by atoms with E-state index in [0.717, 1.165) is 23.4 Å². The summed E-state index contributed by atoms with van der Waals surface area (Å²) in [6, 6.07) is 15.3. The standard InChI is InChI=1S/C23H25BN4S/c1-14-20-16-11-10-15(13-23(2,3)4)12-19(16)29-21(20)22(27-26-14)24-25-17-8-6-7-9-18(17)28(24)5/h6-12,25H,13H2,1-5H3. The summed E-state index contributed by atoms with van der Waals surface area (Å²) < 4.78 is 2.55. The molecule has 0 fully saturated rings. The molecule has 6 heteroatoms. The monoisotopic (exact) mass is 400 g/mol. The Kier molecular flexibility index (Phi) is 4.11. The summed E-state index contributed by atoms with van der Waals surface area (Å²) in [4.78, 5) is 2.25. The smallest absolute Gasteiger partial charge is 0.402 e. The molecule has 0 amide bonds. The van der Waals surface area contributed by atoms with Crippen LogP contribution in [0.4, 0.5) is 11.4 Å². The van der Waals surface area contributed by atoms with Crippen LogP contribution in [0.2, 0.25) is 0 Å². The average Bonchev–Trinajstić information content (AvgIpc) is 3.20. The summed E-state index contributed by atoms with van der Waals surface area (Å²) in [7, 11) is 2.12. The van der Waals surface area contributed by atoms with Gasteiger partial charge in [0.15, 0.2) is 0 Å². The van der Waals surface area contributed by atoms with Crippen molar-refractivity contribution in [2.75, 3.05) is 17.1 Å². The van der Waals surface area contributed by atoms with Gasteiger partial charge in [0, 0.05) is 26.8 Å². The number of nitrogens with one attached hydrogen (secondary N) is 1. The van der Waals surface area contributed by atoms with Gasteiger partial charge in [0.05, 0.1) is 16.0 Å². The van der Waals surface area contributed by atoms with Gasteiger partial charge in [-0.2, -0.15) is 10.2 Å². The maximum atomic E-state index is 4.66. The molecule has 0 radical (unpaired) electrons. The molecule has 146 valence electrons. The second-order valence-electron chi connectivity index (χ2n) is 9.22. The van der Waals surface area contributed by atoms with Crippen molar-refractivity contribution in [3.63, 3.8) is 0 Å². The Hall–Kier alpha value is -2.60. The average molecular weight is 400 g/mol. The fraction of sp³-hybridized carbons (Fsp3) is 0.304. The van der Waals surface area contributed by atoms with Gasteiger partial charge in [-0.1, -0.05) is 45.0 Å². The Morgan fingerprint density at radius 3 is 2.66 bits per heavy atom. The Labute approximate surface area is 176 Å². The third kappa shape index (κ3) is 3.06. The molecular formula is C23H25BN4S. The number of aromatic nitrogens is 2. The number of anilines is 2. The van der Waals surface area contributed by atoms with Gasteiger partial charge in [-0.25, -0.2) is 0 Å². The lowest BCUT2D eigenvalue weighted by Crippen LogP contribution is -2.50. The molecule has 3 heterocycles. The number of hydrogen-bond acceptors (Lipinski definition) is 5. The van der Waals surface area contributed by atoms with Gasteiger partial charge in [0.25, 0.3) is 0 Å². The lowest BCUT2D eigenvalue weighted by atomic mass is 9.71. The SMILES string of the molecule is Cc1nnc(B2Nc3ccccc3N2C)c2sc3cc(CC(C)(C)C)ccc3c12. The molecule has 0 atom stereocenters. The molecular weight excluding hydrogens is 375 g/mol. The summed E-state index contributed by atoms with van der Waals surface area (Å²) in [5, 5.41) is 15.4. The van der Waals surface area contributed by atoms with Gasteiger partial charge in [0.1, 0.15) is 0 Å². The molecule has 1 N–H and O–H groups in total. The molecule has 2 aromatic heterocycles. The van der Waals surface area contributed by atoms with Crippen LogP contribution in [0.25, 0.3) is 20.2 Å². The lowest BCUT2D eigenvalue weighted by molar-refractivity contribution is 0.411. The first-order valence-electron chi connectivity index (χ1n) is 10.1. The van der Waals surface area contributed by atoms with Gasteiger partial charge >= 0.3 is 6.98 Å². The number of hydrogen-bond donors (Lipinski definition) is 1. The van der Waals surface area contributed by atoms with Crippen molar-refractivity contribution in [3.8, 4) is 0 Å². The molecule has 1 aliphatic heterocycles. The van der Waals surface area contributed by atoms with E-state index in [0.29, 0.717) is 0 Å². The first kappa shape index (κ1) is 18.4. The molecule has 0 saturated heterocycles. The molecule has 0 saturated carbocycles. The van der Waals surface area contributed by atoms with E-state index in [4.69, 9.17) is 0 Å². The second-order valence-corrected chi connectivity index (χ2v) is 10.3. The van der Waals surface area contributed by atoms with Gasteiger partial charge in [-0.15, -0.1) is 11.3 Å². The van der Waals surface area contributed by atoms with E-state index in [9.17, 15) is 0 Å². The highest BCUT2D eigenvalue weighted by atomic mass is 32.1. The van der Waals surface area contributed by atoms with E-state index >= 15 is 0 Å². The van der Waals surface area contributed by atoms with E-state index in [1.54, 1.807) is 0 Å². The number of aryl methyl sites for hydroxylation is 1. The molecule has 1 aliphatic rings. The summed E-state index contributed by atoms with van der Waals surface area (Å²) in [5.74, 6) is 0. The fourth-order valence-electron chi connectivity index (χ4n) is 4.34. The molecule has 2 aromatic carbocycles. The van der Waals surface area contributed by atoms with E-state index in [2.05, 4.69) is 97.4 Å². The van der Waals surface area contributed by atoms with Crippen molar-refractivity contribution in [1.82, 2.24) is 10.2 Å². The highest BCUT2D eigenvalue weighted by Gasteiger charge is 2.36. The first-order valence-corrected chi connectivity index (χ1v) is 10.9. The summed E-state index contributed by atoms with van der Waals surface area (Å²) >= 11 is 1.84. The minimum absolute atomic E-state index is 0.00916. The summed E-state index contributed by atoms with van der Waals surface area (Å²) in [6.45, 7) is 8.92. The lowest BCUT2D eigenvalue weighted by Gasteiger charge is -2.18. The number of para-hydroxylation sites is 2. The van der Waals surface area contributed by atoms with Gasteiger partial charge in [-0.3, -0.25) is 0 Å². The first-order chi connectivity index (χ1) is 13.8. The summed E-state index contributed by atoms with van der Waals surface area (Å²) in [5.41, 5.74) is 6.00. The predicted molar refractivity (Wildman–Crippen MR) is 127 cm³/mol. The van der Waals surface area contributed by atoms with Crippen LogP contribution in [0.5, 0.6) is 0 Å². The number of benzene rings is 2. The number of nitrogens with zero attached hydrogens (tertiary/aromatic N) is 3. The van der Waals surface area contributed by atoms with Gasteiger partial charge < -0.3 is 10.0 Å². The van der Waals surface area contributed by atoms with Crippen LogP contribution in [-0.4, -0.2) is 24.2 Å². The Morgan fingerprint density at radius 2 is 1.90 bits per heavy atom. The molecule has 4 nitrogen and oxygen atoms in total. The number of fused-ring (bicyclic) bond motifs is 4. The van der Waals surface area contributed by atoms with Crippen molar-refractivity contribution < 1.29 is 0 Å². The topological polar surface area (TPSA) is 41.1 Å². The van der Waals surface area contributed by atoms with Crippen LogP contribution >= 0.6 is 11.3 Å². The van der Waals surface area contributed by atoms with Crippen LogP contribution in [0.3, 0.4) is 0 Å². The number of thiophene rings is 1.